The summed E-state index contributed by atoms with van der Waals surface area (Å²) in [5, 5.41) is 7.85. The highest BCUT2D eigenvalue weighted by Gasteiger charge is 2.14. The molecule has 6 nitrogen and oxygen atoms in total. The zero-order valence-electron chi connectivity index (χ0n) is 15.8. The minimum atomic E-state index is -0.307. The number of benzene rings is 2. The van der Waals surface area contributed by atoms with Crippen molar-refractivity contribution in [2.24, 2.45) is 0 Å². The lowest BCUT2D eigenvalue weighted by Crippen LogP contribution is -2.21. The fourth-order valence-corrected chi connectivity index (χ4v) is 3.48. The van der Waals surface area contributed by atoms with Gasteiger partial charge in [0.2, 0.25) is 0 Å². The topological polar surface area (TPSA) is 76.7 Å². The zero-order valence-corrected chi connectivity index (χ0v) is 17.4. The van der Waals surface area contributed by atoms with Crippen LogP contribution in [0.4, 0.5) is 5.69 Å². The number of amides is 2. The molecule has 0 atom stereocenters. The second-order valence-corrected chi connectivity index (χ2v) is 7.35. The standard InChI is InChI=1S/C21H19ClN2O4S/c1-27-17-11-18(28-2)16(10-15(17)22)24-20(25)14-7-5-13(6-8-14)12-23-21(26)19-4-3-9-29-19/h3-11H,12H2,1-2H3,(H,23,26)(H,24,25). The molecule has 2 N–H and O–H groups in total. The summed E-state index contributed by atoms with van der Waals surface area (Å²) in [5.41, 5.74) is 1.79. The summed E-state index contributed by atoms with van der Waals surface area (Å²) in [5.74, 6) is 0.465. The van der Waals surface area contributed by atoms with Gasteiger partial charge in [-0.2, -0.15) is 0 Å². The Balaban J connectivity index is 1.65. The Hall–Kier alpha value is -3.03. The minimum absolute atomic E-state index is 0.120. The van der Waals surface area contributed by atoms with Crippen LogP contribution in [0.3, 0.4) is 0 Å². The van der Waals surface area contributed by atoms with Gasteiger partial charge >= 0.3 is 0 Å². The molecule has 3 rings (SSSR count). The predicted octanol–water partition coefficient (Wildman–Crippen LogP) is 4.60. The third kappa shape index (κ3) is 5.07. The summed E-state index contributed by atoms with van der Waals surface area (Å²) in [4.78, 5) is 25.2. The third-order valence-corrected chi connectivity index (χ3v) is 5.30. The Labute approximate surface area is 177 Å². The molecule has 0 spiro atoms. The highest BCUT2D eigenvalue weighted by atomic mass is 35.5. The number of nitrogens with one attached hydrogen (secondary N) is 2. The van der Waals surface area contributed by atoms with Crippen molar-refractivity contribution in [3.8, 4) is 11.5 Å². The van der Waals surface area contributed by atoms with E-state index in [-0.39, 0.29) is 11.8 Å². The van der Waals surface area contributed by atoms with Gasteiger partial charge in [0.15, 0.2) is 0 Å². The summed E-state index contributed by atoms with van der Waals surface area (Å²) in [6, 6.07) is 13.8. The number of thiophene rings is 1. The number of carbonyl (C=O) groups excluding carboxylic acids is 2. The number of ether oxygens (including phenoxy) is 2. The van der Waals surface area contributed by atoms with Crippen LogP contribution in [0.5, 0.6) is 11.5 Å². The summed E-state index contributed by atoms with van der Waals surface area (Å²) in [6.45, 7) is 0.376. The largest absolute Gasteiger partial charge is 0.495 e. The Morgan fingerprint density at radius 1 is 1.00 bits per heavy atom. The van der Waals surface area contributed by atoms with Crippen LogP contribution in [-0.2, 0) is 6.54 Å². The van der Waals surface area contributed by atoms with Gasteiger partial charge in [-0.1, -0.05) is 29.8 Å². The molecule has 0 aliphatic rings. The Bertz CT molecular complexity index is 1000. The molecule has 8 heteroatoms. The van der Waals surface area contributed by atoms with E-state index < -0.39 is 0 Å². The number of hydrogen-bond acceptors (Lipinski definition) is 5. The van der Waals surface area contributed by atoms with E-state index in [0.29, 0.717) is 39.2 Å². The van der Waals surface area contributed by atoms with E-state index >= 15 is 0 Å². The first kappa shape index (κ1) is 20.7. The van der Waals surface area contributed by atoms with Crippen LogP contribution >= 0.6 is 22.9 Å². The fourth-order valence-electron chi connectivity index (χ4n) is 2.60. The van der Waals surface area contributed by atoms with Gasteiger partial charge in [-0.05, 0) is 35.2 Å². The molecule has 0 unspecified atom stereocenters. The molecule has 0 aliphatic heterocycles. The van der Waals surface area contributed by atoms with Gasteiger partial charge in [0.05, 0.1) is 29.8 Å². The van der Waals surface area contributed by atoms with Crippen molar-refractivity contribution in [3.05, 3.63) is 74.9 Å². The highest BCUT2D eigenvalue weighted by Crippen LogP contribution is 2.36. The van der Waals surface area contributed by atoms with Crippen LogP contribution in [0.1, 0.15) is 25.6 Å². The van der Waals surface area contributed by atoms with E-state index in [0.717, 1.165) is 5.56 Å². The quantitative estimate of drug-likeness (QED) is 0.574. The molecule has 0 saturated carbocycles. The molecule has 1 heterocycles. The van der Waals surface area contributed by atoms with Gasteiger partial charge in [0.1, 0.15) is 11.5 Å². The number of halogens is 1. The van der Waals surface area contributed by atoms with Crippen molar-refractivity contribution in [3.63, 3.8) is 0 Å². The first-order valence-corrected chi connectivity index (χ1v) is 9.91. The fraction of sp³-hybridized carbons (Fsp3) is 0.143. The Morgan fingerprint density at radius 2 is 1.72 bits per heavy atom. The van der Waals surface area contributed by atoms with E-state index in [2.05, 4.69) is 10.6 Å². The maximum atomic E-state index is 12.6. The van der Waals surface area contributed by atoms with Gasteiger partial charge in [-0.15, -0.1) is 11.3 Å². The monoisotopic (exact) mass is 430 g/mol. The summed E-state index contributed by atoms with van der Waals surface area (Å²) < 4.78 is 10.4. The van der Waals surface area contributed by atoms with Crippen LogP contribution in [0, 0.1) is 0 Å². The van der Waals surface area contributed by atoms with Crippen LogP contribution in [0.2, 0.25) is 5.02 Å². The van der Waals surface area contributed by atoms with Crippen molar-refractivity contribution in [2.45, 2.75) is 6.54 Å². The molecular weight excluding hydrogens is 412 g/mol. The lowest BCUT2D eigenvalue weighted by Gasteiger charge is -2.13. The first-order valence-electron chi connectivity index (χ1n) is 8.65. The molecule has 0 aliphatic carbocycles. The second kappa shape index (κ2) is 9.45. The average Bonchev–Trinajstić information content (AvgIpc) is 3.27. The van der Waals surface area contributed by atoms with Crippen molar-refractivity contribution in [2.75, 3.05) is 19.5 Å². The van der Waals surface area contributed by atoms with E-state index in [4.69, 9.17) is 21.1 Å². The number of methoxy groups -OCH3 is 2. The third-order valence-electron chi connectivity index (χ3n) is 4.14. The maximum Gasteiger partial charge on any atom is 0.261 e. The molecular formula is C21H19ClN2O4S. The molecule has 29 heavy (non-hydrogen) atoms. The zero-order chi connectivity index (χ0) is 20.8. The normalized spacial score (nSPS) is 10.3. The first-order chi connectivity index (χ1) is 14.0. The average molecular weight is 431 g/mol. The molecule has 0 fully saturated rings. The Kier molecular flexibility index (Phi) is 6.74. The smallest absolute Gasteiger partial charge is 0.261 e. The maximum absolute atomic E-state index is 12.6. The number of anilines is 1. The van der Waals surface area contributed by atoms with E-state index in [1.54, 1.807) is 42.5 Å². The van der Waals surface area contributed by atoms with Gasteiger partial charge in [0.25, 0.3) is 11.8 Å². The summed E-state index contributed by atoms with van der Waals surface area (Å²) >= 11 is 7.53. The summed E-state index contributed by atoms with van der Waals surface area (Å²) in [6.07, 6.45) is 0. The minimum Gasteiger partial charge on any atom is -0.495 e. The van der Waals surface area contributed by atoms with Crippen LogP contribution in [0.25, 0.3) is 0 Å². The number of rotatable bonds is 7. The number of carbonyl (C=O) groups is 2. The molecule has 2 aromatic carbocycles. The second-order valence-electron chi connectivity index (χ2n) is 6.00. The summed E-state index contributed by atoms with van der Waals surface area (Å²) in [7, 11) is 3.00. The molecule has 1 aromatic heterocycles. The predicted molar refractivity (Wildman–Crippen MR) is 114 cm³/mol. The number of hydrogen-bond donors (Lipinski definition) is 2. The van der Waals surface area contributed by atoms with Crippen molar-refractivity contribution in [1.29, 1.82) is 0 Å². The SMILES string of the molecule is COc1cc(OC)c(NC(=O)c2ccc(CNC(=O)c3cccs3)cc2)cc1Cl. The lowest BCUT2D eigenvalue weighted by molar-refractivity contribution is 0.0953. The van der Waals surface area contributed by atoms with Crippen LogP contribution in [0.15, 0.2) is 53.9 Å². The van der Waals surface area contributed by atoms with Gasteiger partial charge in [0, 0.05) is 18.2 Å². The van der Waals surface area contributed by atoms with Gasteiger partial charge in [-0.25, -0.2) is 0 Å². The van der Waals surface area contributed by atoms with E-state index in [1.807, 2.05) is 11.4 Å². The van der Waals surface area contributed by atoms with E-state index in [1.165, 1.54) is 25.6 Å². The molecule has 3 aromatic rings. The van der Waals surface area contributed by atoms with Crippen LogP contribution < -0.4 is 20.1 Å². The van der Waals surface area contributed by atoms with Crippen molar-refractivity contribution >= 4 is 40.4 Å². The van der Waals surface area contributed by atoms with Gasteiger partial charge in [-0.3, -0.25) is 9.59 Å². The van der Waals surface area contributed by atoms with Crippen LogP contribution in [-0.4, -0.2) is 26.0 Å². The van der Waals surface area contributed by atoms with Gasteiger partial charge < -0.3 is 20.1 Å². The van der Waals surface area contributed by atoms with Crippen molar-refractivity contribution < 1.29 is 19.1 Å². The van der Waals surface area contributed by atoms with Crippen molar-refractivity contribution in [1.82, 2.24) is 5.32 Å². The molecule has 0 radical (unpaired) electrons. The molecule has 2 amide bonds. The Morgan fingerprint density at radius 3 is 2.34 bits per heavy atom. The molecule has 150 valence electrons. The van der Waals surface area contributed by atoms with E-state index in [9.17, 15) is 9.59 Å². The molecule has 0 saturated heterocycles. The lowest BCUT2D eigenvalue weighted by atomic mass is 10.1. The highest BCUT2D eigenvalue weighted by molar-refractivity contribution is 7.12. The molecule has 0 bridgehead atoms.